The Kier molecular flexibility index (Phi) is 21.0. The van der Waals surface area contributed by atoms with Gasteiger partial charge in [-0.2, -0.15) is 27.0 Å². The van der Waals surface area contributed by atoms with Crippen LogP contribution < -0.4 is 11.3 Å². The zero-order valence-electron chi connectivity index (χ0n) is 18.3. The van der Waals surface area contributed by atoms with Gasteiger partial charge >= 0.3 is 5.97 Å². The Morgan fingerprint density at radius 1 is 0.935 bits per heavy atom. The summed E-state index contributed by atoms with van der Waals surface area (Å²) in [6, 6.07) is 0. The first-order valence-electron chi connectivity index (χ1n) is 10.1. The quantitative estimate of drug-likeness (QED) is 0.123. The minimum Gasteiger partial charge on any atom is -0.466 e. The van der Waals surface area contributed by atoms with Crippen molar-refractivity contribution in [1.29, 1.82) is 0 Å². The number of ether oxygens (including phenoxy) is 3. The van der Waals surface area contributed by atoms with Crippen LogP contribution in [0.4, 0.5) is 0 Å². The maximum atomic E-state index is 11.1. The van der Waals surface area contributed by atoms with Crippen LogP contribution in [0.15, 0.2) is 0 Å². The smallest absolute Gasteiger partial charge is 0.308 e. The van der Waals surface area contributed by atoms with E-state index in [1.54, 1.807) is 6.92 Å². The fourth-order valence-corrected chi connectivity index (χ4v) is 2.98. The number of morpholine rings is 2. The molecule has 1 amide bonds. The van der Waals surface area contributed by atoms with Crippen LogP contribution >= 0.6 is 27.0 Å². The number of aliphatic hydroxyl groups excluding tert-OH is 2. The van der Waals surface area contributed by atoms with Gasteiger partial charge in [-0.15, -0.1) is 0 Å². The van der Waals surface area contributed by atoms with Gasteiger partial charge in [0, 0.05) is 39.3 Å². The number of esters is 1. The molecule has 0 aromatic rings. The zero-order chi connectivity index (χ0) is 21.5. The summed E-state index contributed by atoms with van der Waals surface area (Å²) in [7, 11) is 0. The van der Waals surface area contributed by atoms with Crippen molar-refractivity contribution >= 4 is 38.9 Å². The van der Waals surface area contributed by atoms with E-state index in [0.717, 1.165) is 26.2 Å². The molecule has 0 bridgehead atoms. The number of nitrogens with two attached hydrogens (primary N) is 1. The average Bonchev–Trinajstić information content (AvgIpc) is 2.69. The third-order valence-electron chi connectivity index (χ3n) is 4.43. The second kappa shape index (κ2) is 20.0. The van der Waals surface area contributed by atoms with Crippen LogP contribution in [0.1, 0.15) is 19.8 Å². The lowest BCUT2D eigenvalue weighted by Gasteiger charge is -2.28. The van der Waals surface area contributed by atoms with E-state index in [1.807, 2.05) is 5.43 Å². The summed E-state index contributed by atoms with van der Waals surface area (Å²) in [5.41, 5.74) is 1.99. The normalized spacial score (nSPS) is 18.8. The van der Waals surface area contributed by atoms with Gasteiger partial charge in [0.15, 0.2) is 0 Å². The first-order chi connectivity index (χ1) is 13.9. The van der Waals surface area contributed by atoms with Crippen LogP contribution in [-0.2, 0) is 23.8 Å². The summed E-state index contributed by atoms with van der Waals surface area (Å²) in [5.74, 6) is 4.23. The molecule has 0 aromatic carbocycles. The Morgan fingerprint density at radius 2 is 1.35 bits per heavy atom. The minimum atomic E-state index is -0.656. The highest BCUT2D eigenvalue weighted by Crippen LogP contribution is 2.02. The van der Waals surface area contributed by atoms with Crippen LogP contribution in [-0.4, -0.2) is 116 Å². The number of carbonyl (C=O) groups excluding carboxylic acids is 2. The van der Waals surface area contributed by atoms with Gasteiger partial charge in [-0.1, -0.05) is 0 Å². The molecule has 2 aliphatic heterocycles. The number of hydrogen-bond donors (Lipinski definition) is 4. The molecule has 31 heavy (non-hydrogen) atoms. The molecule has 2 aliphatic rings. The molecule has 2 saturated heterocycles. The summed E-state index contributed by atoms with van der Waals surface area (Å²) in [4.78, 5) is 26.1. The lowest BCUT2D eigenvalue weighted by Crippen LogP contribution is -2.42. The molecule has 2 fully saturated rings. The molecule has 11 nitrogen and oxygen atoms in total. The molecule has 0 aromatic heterocycles. The monoisotopic (exact) mass is 488 g/mol. The van der Waals surface area contributed by atoms with E-state index >= 15 is 0 Å². The molecule has 2 heterocycles. The molecular weight excluding hydrogens is 448 g/mol. The van der Waals surface area contributed by atoms with E-state index in [-0.39, 0.29) is 51.7 Å². The fourth-order valence-electron chi connectivity index (χ4n) is 2.98. The van der Waals surface area contributed by atoms with Gasteiger partial charge in [-0.05, 0) is 6.92 Å². The van der Waals surface area contributed by atoms with E-state index in [4.69, 9.17) is 20.1 Å². The van der Waals surface area contributed by atoms with Crippen LogP contribution in [0.25, 0.3) is 0 Å². The Hall–Kier alpha value is -0.640. The lowest BCUT2D eigenvalue weighted by atomic mass is 10.2. The summed E-state index contributed by atoms with van der Waals surface area (Å²) in [5, 5.41) is 19.1. The van der Waals surface area contributed by atoms with Gasteiger partial charge in [0.25, 0.3) is 0 Å². The molecule has 186 valence electrons. The van der Waals surface area contributed by atoms with Crippen molar-refractivity contribution in [2.45, 2.75) is 32.0 Å². The molecule has 0 spiro atoms. The molecule has 13 heteroatoms. The van der Waals surface area contributed by atoms with Crippen LogP contribution in [0.5, 0.6) is 0 Å². The van der Waals surface area contributed by atoms with Gasteiger partial charge < -0.3 is 24.4 Å². The third kappa shape index (κ3) is 16.6. The maximum absolute atomic E-state index is 11.1. The number of aliphatic hydroxyl groups is 2. The molecular formula is C18H40N4O7S2. The van der Waals surface area contributed by atoms with Crippen molar-refractivity contribution in [3.63, 3.8) is 0 Å². The molecule has 0 radical (unpaired) electrons. The number of rotatable bonds is 9. The number of β-amino-alcohol motifs (C(OH)–C–C–N with tert-alkyl or cyclic N) is 2. The number of hydrogen-bond acceptors (Lipinski definition) is 10. The minimum absolute atomic E-state index is 0. The number of carbonyl (C=O) groups is 2. The van der Waals surface area contributed by atoms with E-state index in [9.17, 15) is 19.8 Å². The van der Waals surface area contributed by atoms with Crippen LogP contribution in [0, 0.1) is 0 Å². The molecule has 0 aliphatic carbocycles. The fraction of sp³-hybridized carbons (Fsp3) is 0.889. The largest absolute Gasteiger partial charge is 0.466 e. The van der Waals surface area contributed by atoms with Crippen LogP contribution in [0.2, 0.25) is 0 Å². The first kappa shape index (κ1) is 32.5. The topological polar surface area (TPSA) is 147 Å². The predicted molar refractivity (Wildman–Crippen MR) is 125 cm³/mol. The highest BCUT2D eigenvalue weighted by atomic mass is 32.1. The van der Waals surface area contributed by atoms with E-state index < -0.39 is 12.2 Å². The summed E-state index contributed by atoms with van der Waals surface area (Å²) in [6.07, 6.45) is -1.17. The molecule has 2 rings (SSSR count). The van der Waals surface area contributed by atoms with E-state index in [0.29, 0.717) is 46.1 Å². The van der Waals surface area contributed by atoms with Gasteiger partial charge in [0.1, 0.15) is 0 Å². The van der Waals surface area contributed by atoms with E-state index in [2.05, 4.69) is 9.80 Å². The highest BCUT2D eigenvalue weighted by Gasteiger charge is 2.18. The Balaban J connectivity index is 0. The second-order valence-corrected chi connectivity index (χ2v) is 6.91. The summed E-state index contributed by atoms with van der Waals surface area (Å²) < 4.78 is 15.1. The Morgan fingerprint density at radius 3 is 1.74 bits per heavy atom. The van der Waals surface area contributed by atoms with Crippen molar-refractivity contribution in [3.05, 3.63) is 0 Å². The van der Waals surface area contributed by atoms with Crippen molar-refractivity contribution in [2.75, 3.05) is 72.3 Å². The summed E-state index contributed by atoms with van der Waals surface area (Å²) >= 11 is 0. The Labute approximate surface area is 198 Å². The third-order valence-corrected chi connectivity index (χ3v) is 4.43. The standard InChI is InChI=1S/C10H19NO4.C8H17N3O3.2H2S/c1-2-15-10(13)7-9(12)8-11-3-5-14-6-4-11;9-10-8(13)5-7(12)6-11-1-3-14-4-2-11;;/h9,12H,2-8H2,1H3;7,12H,1-6,9H2,(H,10,13);2*1H2/t9-;7-;;/m00../s1. The van der Waals surface area contributed by atoms with Crippen molar-refractivity contribution in [3.8, 4) is 0 Å². The van der Waals surface area contributed by atoms with Crippen molar-refractivity contribution in [2.24, 2.45) is 5.84 Å². The molecule has 5 N–H and O–H groups in total. The lowest BCUT2D eigenvalue weighted by molar-refractivity contribution is -0.145. The average molecular weight is 489 g/mol. The maximum Gasteiger partial charge on any atom is 0.308 e. The molecule has 0 saturated carbocycles. The number of nitrogens with zero attached hydrogens (tertiary/aromatic N) is 2. The van der Waals surface area contributed by atoms with Gasteiger partial charge in [-0.3, -0.25) is 24.8 Å². The van der Waals surface area contributed by atoms with Crippen molar-refractivity contribution in [1.82, 2.24) is 15.2 Å². The SMILES string of the molecule is CCOC(=O)C[C@H](O)CN1CCOCC1.NNC(=O)C[C@H](O)CN1CCOCC1.S.S. The first-order valence-corrected chi connectivity index (χ1v) is 10.1. The van der Waals surface area contributed by atoms with Crippen molar-refractivity contribution < 1.29 is 34.0 Å². The number of amides is 1. The van der Waals surface area contributed by atoms with Gasteiger partial charge in [-0.25, -0.2) is 5.84 Å². The predicted octanol–water partition coefficient (Wildman–Crippen LogP) is -2.08. The van der Waals surface area contributed by atoms with E-state index in [1.165, 1.54) is 0 Å². The zero-order valence-corrected chi connectivity index (χ0v) is 20.3. The summed E-state index contributed by atoms with van der Waals surface area (Å²) in [6.45, 7) is 9.17. The molecule has 0 unspecified atom stereocenters. The van der Waals surface area contributed by atoms with Gasteiger partial charge in [0.05, 0.1) is 58.1 Å². The number of nitrogens with one attached hydrogen (secondary N) is 1. The van der Waals surface area contributed by atoms with Gasteiger partial charge in [0.2, 0.25) is 5.91 Å². The molecule has 2 atom stereocenters. The Bertz CT molecular complexity index is 468. The van der Waals surface area contributed by atoms with Crippen LogP contribution in [0.3, 0.4) is 0 Å². The number of hydrazine groups is 1. The highest BCUT2D eigenvalue weighted by molar-refractivity contribution is 7.59. The second-order valence-electron chi connectivity index (χ2n) is 6.91.